The van der Waals surface area contributed by atoms with Gasteiger partial charge in [-0.3, -0.25) is 25.0 Å². The summed E-state index contributed by atoms with van der Waals surface area (Å²) in [7, 11) is 1.88. The summed E-state index contributed by atoms with van der Waals surface area (Å²) in [5.74, 6) is 0.333. The highest BCUT2D eigenvalue weighted by Crippen LogP contribution is 2.33. The number of halogens is 1. The molecule has 0 radical (unpaired) electrons. The summed E-state index contributed by atoms with van der Waals surface area (Å²) < 4.78 is 0. The van der Waals surface area contributed by atoms with Crippen LogP contribution in [0, 0.1) is 0 Å². The number of hydrogen-bond acceptors (Lipinski definition) is 5. The van der Waals surface area contributed by atoms with Gasteiger partial charge in [0.2, 0.25) is 11.9 Å². The van der Waals surface area contributed by atoms with Gasteiger partial charge in [-0.25, -0.2) is 0 Å². The first kappa shape index (κ1) is 16.6. The maximum Gasteiger partial charge on any atom is 0.229 e. The van der Waals surface area contributed by atoms with Crippen LogP contribution in [0.1, 0.15) is 18.1 Å². The predicted molar refractivity (Wildman–Crippen MR) is 104 cm³/mol. The molecule has 132 valence electrons. The van der Waals surface area contributed by atoms with E-state index in [-0.39, 0.29) is 12.1 Å². The monoisotopic (exact) mass is 367 g/mol. The van der Waals surface area contributed by atoms with Crippen LogP contribution in [0.3, 0.4) is 0 Å². The zero-order valence-corrected chi connectivity index (χ0v) is 15.2. The Balaban J connectivity index is 1.88. The van der Waals surface area contributed by atoms with E-state index in [4.69, 9.17) is 16.6 Å². The SMILES string of the molecule is CC(=O)NC1=NN(C)C2CN=C(c3ccccc3)c3cc(Cl)ccc3N12. The minimum absolute atomic E-state index is 0.113. The fourth-order valence-corrected chi connectivity index (χ4v) is 3.47. The molecule has 6 nitrogen and oxygen atoms in total. The third-order valence-electron chi connectivity index (χ3n) is 4.43. The van der Waals surface area contributed by atoms with Crippen molar-refractivity contribution in [3.05, 3.63) is 64.7 Å². The highest BCUT2D eigenvalue weighted by Gasteiger charge is 2.37. The van der Waals surface area contributed by atoms with E-state index < -0.39 is 0 Å². The zero-order valence-electron chi connectivity index (χ0n) is 14.5. The molecule has 2 heterocycles. The summed E-state index contributed by atoms with van der Waals surface area (Å²) in [4.78, 5) is 18.5. The van der Waals surface area contributed by atoms with E-state index >= 15 is 0 Å². The van der Waals surface area contributed by atoms with Crippen LogP contribution < -0.4 is 10.2 Å². The smallest absolute Gasteiger partial charge is 0.229 e. The maximum atomic E-state index is 11.6. The number of benzene rings is 2. The van der Waals surface area contributed by atoms with Gasteiger partial charge < -0.3 is 0 Å². The summed E-state index contributed by atoms with van der Waals surface area (Å²) in [6.07, 6.45) is -0.113. The number of nitrogens with zero attached hydrogens (tertiary/aromatic N) is 4. The van der Waals surface area contributed by atoms with Gasteiger partial charge >= 0.3 is 0 Å². The van der Waals surface area contributed by atoms with E-state index in [1.165, 1.54) is 6.92 Å². The van der Waals surface area contributed by atoms with Crippen LogP contribution in [0.5, 0.6) is 0 Å². The van der Waals surface area contributed by atoms with Crippen molar-refractivity contribution in [2.24, 2.45) is 10.1 Å². The predicted octanol–water partition coefficient (Wildman–Crippen LogP) is 2.68. The van der Waals surface area contributed by atoms with Crippen molar-refractivity contribution < 1.29 is 4.79 Å². The van der Waals surface area contributed by atoms with E-state index in [2.05, 4.69) is 10.4 Å². The van der Waals surface area contributed by atoms with E-state index in [9.17, 15) is 4.79 Å². The highest BCUT2D eigenvalue weighted by atomic mass is 35.5. The van der Waals surface area contributed by atoms with Crippen LogP contribution in [0.25, 0.3) is 0 Å². The van der Waals surface area contributed by atoms with Gasteiger partial charge in [-0.1, -0.05) is 41.9 Å². The van der Waals surface area contributed by atoms with Gasteiger partial charge in [0.15, 0.2) is 0 Å². The number of hydrazone groups is 1. The second-order valence-electron chi connectivity index (χ2n) is 6.25. The molecule has 0 bridgehead atoms. The van der Waals surface area contributed by atoms with Crippen molar-refractivity contribution in [1.29, 1.82) is 0 Å². The third-order valence-corrected chi connectivity index (χ3v) is 4.67. The number of aliphatic imine (C=N–C) groups is 1. The van der Waals surface area contributed by atoms with Crippen molar-refractivity contribution in [1.82, 2.24) is 10.3 Å². The normalized spacial score (nSPS) is 18.5. The molecule has 0 spiro atoms. The summed E-state index contributed by atoms with van der Waals surface area (Å²) in [6, 6.07) is 15.7. The molecule has 1 N–H and O–H groups in total. The number of carbonyl (C=O) groups is 1. The molecule has 0 fully saturated rings. The van der Waals surface area contributed by atoms with Crippen molar-refractivity contribution in [2.75, 3.05) is 18.5 Å². The number of anilines is 1. The van der Waals surface area contributed by atoms with E-state index in [0.717, 1.165) is 22.5 Å². The van der Waals surface area contributed by atoms with Gasteiger partial charge in [-0.05, 0) is 18.2 Å². The van der Waals surface area contributed by atoms with Gasteiger partial charge in [0.05, 0.1) is 17.9 Å². The molecule has 2 aliphatic rings. The van der Waals surface area contributed by atoms with E-state index in [1.54, 1.807) is 0 Å². The van der Waals surface area contributed by atoms with Crippen LogP contribution in [-0.2, 0) is 4.79 Å². The molecular weight excluding hydrogens is 350 g/mol. The van der Waals surface area contributed by atoms with E-state index in [1.807, 2.05) is 65.5 Å². The summed E-state index contributed by atoms with van der Waals surface area (Å²) in [5, 5.41) is 9.75. The average molecular weight is 368 g/mol. The van der Waals surface area contributed by atoms with Gasteiger partial charge in [0.25, 0.3) is 0 Å². The molecule has 0 aromatic heterocycles. The molecule has 1 unspecified atom stereocenters. The molecule has 26 heavy (non-hydrogen) atoms. The number of amides is 1. The Morgan fingerprint density at radius 2 is 2.00 bits per heavy atom. The maximum absolute atomic E-state index is 11.6. The Kier molecular flexibility index (Phi) is 4.12. The molecule has 2 aromatic carbocycles. The van der Waals surface area contributed by atoms with Crippen LogP contribution >= 0.6 is 11.6 Å². The van der Waals surface area contributed by atoms with Crippen molar-refractivity contribution in [2.45, 2.75) is 13.1 Å². The number of rotatable bonds is 1. The van der Waals surface area contributed by atoms with Gasteiger partial charge in [-0.15, -0.1) is 5.10 Å². The number of fused-ring (bicyclic) bond motifs is 3. The summed E-state index contributed by atoms with van der Waals surface area (Å²) in [5.41, 5.74) is 3.74. The number of likely N-dealkylation sites (N-methyl/N-ethyl adjacent to an activating group) is 1. The molecule has 0 aliphatic carbocycles. The quantitative estimate of drug-likeness (QED) is 0.843. The second-order valence-corrected chi connectivity index (χ2v) is 6.68. The van der Waals surface area contributed by atoms with Crippen molar-refractivity contribution in [3.63, 3.8) is 0 Å². The van der Waals surface area contributed by atoms with E-state index in [0.29, 0.717) is 17.5 Å². The number of hydrogen-bond donors (Lipinski definition) is 1. The molecule has 7 heteroatoms. The Bertz CT molecular complexity index is 925. The number of nitrogens with one attached hydrogen (secondary N) is 1. The molecule has 2 aliphatic heterocycles. The molecule has 1 amide bonds. The Hall–Kier alpha value is -2.86. The first-order valence-corrected chi connectivity index (χ1v) is 8.70. The van der Waals surface area contributed by atoms with Gasteiger partial charge in [0.1, 0.15) is 6.17 Å². The first-order chi connectivity index (χ1) is 12.5. The van der Waals surface area contributed by atoms with Gasteiger partial charge in [0, 0.05) is 30.1 Å². The lowest BCUT2D eigenvalue weighted by molar-refractivity contribution is -0.117. The topological polar surface area (TPSA) is 60.3 Å². The fourth-order valence-electron chi connectivity index (χ4n) is 3.30. The molecule has 1 atom stereocenters. The number of carbonyl (C=O) groups excluding carboxylic acids is 1. The van der Waals surface area contributed by atoms with Crippen LogP contribution in [-0.4, -0.2) is 42.3 Å². The Morgan fingerprint density at radius 3 is 2.73 bits per heavy atom. The zero-order chi connectivity index (χ0) is 18.3. The molecule has 0 saturated carbocycles. The van der Waals surface area contributed by atoms with Crippen LogP contribution in [0.4, 0.5) is 5.69 Å². The average Bonchev–Trinajstić information content (AvgIpc) is 2.81. The number of guanidine groups is 1. The largest absolute Gasteiger partial charge is 0.295 e. The molecular formula is C19H18ClN5O. The highest BCUT2D eigenvalue weighted by molar-refractivity contribution is 6.32. The standard InChI is InChI=1S/C19H18ClN5O/c1-12(26)22-19-23-24(2)17-11-21-18(13-6-4-3-5-7-13)15-10-14(20)8-9-16(15)25(17)19/h3-10,17H,11H2,1-2H3,(H,22,23,26). The van der Waals surface area contributed by atoms with Crippen LogP contribution in [0.15, 0.2) is 58.6 Å². The molecule has 2 aromatic rings. The Labute approximate surface area is 156 Å². The molecule has 0 saturated heterocycles. The summed E-state index contributed by atoms with van der Waals surface area (Å²) >= 11 is 6.29. The minimum atomic E-state index is -0.165. The van der Waals surface area contributed by atoms with Crippen molar-refractivity contribution in [3.8, 4) is 0 Å². The third kappa shape index (κ3) is 2.82. The van der Waals surface area contributed by atoms with Gasteiger partial charge in [-0.2, -0.15) is 0 Å². The Morgan fingerprint density at radius 1 is 1.23 bits per heavy atom. The first-order valence-electron chi connectivity index (χ1n) is 8.32. The lowest BCUT2D eigenvalue weighted by Crippen LogP contribution is -2.48. The summed E-state index contributed by atoms with van der Waals surface area (Å²) in [6.45, 7) is 1.99. The lowest BCUT2D eigenvalue weighted by Gasteiger charge is -2.28. The fraction of sp³-hybridized carbons (Fsp3) is 0.211. The van der Waals surface area contributed by atoms with Crippen LogP contribution in [0.2, 0.25) is 5.02 Å². The minimum Gasteiger partial charge on any atom is -0.295 e. The molecule has 4 rings (SSSR count). The van der Waals surface area contributed by atoms with Crippen molar-refractivity contribution >= 4 is 34.9 Å². The second kappa shape index (κ2) is 6.46. The lowest BCUT2D eigenvalue weighted by atomic mass is 10.0.